The maximum absolute atomic E-state index is 13.1. The van der Waals surface area contributed by atoms with E-state index in [2.05, 4.69) is 23.5 Å². The molecule has 152 valence electrons. The van der Waals surface area contributed by atoms with Crippen LogP contribution in [0.25, 0.3) is 11.1 Å². The summed E-state index contributed by atoms with van der Waals surface area (Å²) in [6.45, 7) is 8.29. The van der Waals surface area contributed by atoms with Crippen molar-refractivity contribution in [1.29, 1.82) is 0 Å². The summed E-state index contributed by atoms with van der Waals surface area (Å²) in [5, 5.41) is 14.4. The Morgan fingerprint density at radius 2 is 1.87 bits per heavy atom. The van der Waals surface area contributed by atoms with Crippen molar-refractivity contribution < 1.29 is 9.90 Å². The topological polar surface area (TPSA) is 75.4 Å². The molecule has 6 nitrogen and oxygen atoms in total. The lowest BCUT2D eigenvalue weighted by molar-refractivity contribution is 0.0676. The van der Waals surface area contributed by atoms with Crippen molar-refractivity contribution in [3.63, 3.8) is 0 Å². The maximum atomic E-state index is 13.1. The van der Waals surface area contributed by atoms with E-state index < -0.39 is 17.2 Å². The molecule has 0 saturated heterocycles. The van der Waals surface area contributed by atoms with Gasteiger partial charge < -0.3 is 14.6 Å². The van der Waals surface area contributed by atoms with Crippen LogP contribution < -0.4 is 5.56 Å². The summed E-state index contributed by atoms with van der Waals surface area (Å²) in [5.41, 5.74) is 2.34. The number of fused-ring (bicyclic) bond motifs is 1. The van der Waals surface area contributed by atoms with Crippen LogP contribution in [0.15, 0.2) is 71.2 Å². The Labute approximate surface area is 178 Å². The minimum atomic E-state index is -0.795. The molecule has 0 saturated carbocycles. The first kappa shape index (κ1) is 19.8. The molecule has 0 radical (unpaired) electrons. The molecular weight excluding hydrogens is 398 g/mol. The first-order chi connectivity index (χ1) is 14.5. The number of carbonyl (C=O) groups is 1. The van der Waals surface area contributed by atoms with Gasteiger partial charge in [-0.3, -0.25) is 9.59 Å². The molecule has 0 aliphatic carbocycles. The second kappa shape index (κ2) is 8.12. The number of aromatic nitrogens is 2. The average Bonchev–Trinajstić information content (AvgIpc) is 3.22. The summed E-state index contributed by atoms with van der Waals surface area (Å²) in [5.74, 6) is -0.586. The predicted octanol–water partition coefficient (Wildman–Crippen LogP) is 3.46. The van der Waals surface area contributed by atoms with Crippen LogP contribution in [0.3, 0.4) is 0 Å². The largest absolute Gasteiger partial charge is 0.501 e. The molecule has 30 heavy (non-hydrogen) atoms. The molecule has 0 fully saturated rings. The van der Waals surface area contributed by atoms with Crippen molar-refractivity contribution >= 4 is 17.2 Å². The van der Waals surface area contributed by atoms with Gasteiger partial charge in [0.25, 0.3) is 5.91 Å². The fourth-order valence-corrected chi connectivity index (χ4v) is 4.63. The predicted molar refractivity (Wildman–Crippen MR) is 118 cm³/mol. The molecule has 1 N–H and O–H groups in total. The zero-order valence-corrected chi connectivity index (χ0v) is 17.1. The number of benzene rings is 1. The van der Waals surface area contributed by atoms with Gasteiger partial charge in [0.2, 0.25) is 5.75 Å². The van der Waals surface area contributed by atoms with Gasteiger partial charge in [-0.25, -0.2) is 0 Å². The zero-order chi connectivity index (χ0) is 21.3. The lowest BCUT2D eigenvalue weighted by Gasteiger charge is -2.34. The fourth-order valence-electron chi connectivity index (χ4n) is 3.76. The summed E-state index contributed by atoms with van der Waals surface area (Å²) in [6.07, 6.45) is 3.60. The SMILES string of the molecule is C=CC(C=C)N1CCn2c(Cc3cscc3-c3ccccc3)nc(=O)c(O)c2C1=O. The third-order valence-corrected chi connectivity index (χ3v) is 6.08. The van der Waals surface area contributed by atoms with Gasteiger partial charge in [0.1, 0.15) is 5.82 Å². The number of aromatic hydroxyl groups is 1. The number of thiophene rings is 1. The molecule has 1 aliphatic heterocycles. The van der Waals surface area contributed by atoms with Gasteiger partial charge in [0.05, 0.1) is 6.04 Å². The van der Waals surface area contributed by atoms with Gasteiger partial charge in [-0.05, 0) is 27.5 Å². The summed E-state index contributed by atoms with van der Waals surface area (Å²) < 4.78 is 1.66. The third-order valence-electron chi connectivity index (χ3n) is 5.29. The molecular formula is C23H21N3O3S. The molecule has 7 heteroatoms. The van der Waals surface area contributed by atoms with Crippen LogP contribution in [-0.2, 0) is 13.0 Å². The lowest BCUT2D eigenvalue weighted by Crippen LogP contribution is -2.47. The molecule has 3 heterocycles. The normalized spacial score (nSPS) is 13.4. The Morgan fingerprint density at radius 3 is 2.57 bits per heavy atom. The van der Waals surface area contributed by atoms with E-state index in [9.17, 15) is 14.7 Å². The van der Waals surface area contributed by atoms with Crippen molar-refractivity contribution in [2.45, 2.75) is 19.0 Å². The zero-order valence-electron chi connectivity index (χ0n) is 16.3. The van der Waals surface area contributed by atoms with E-state index in [4.69, 9.17) is 0 Å². The minimum absolute atomic E-state index is 0.0264. The Kier molecular flexibility index (Phi) is 5.37. The molecule has 0 spiro atoms. The van der Waals surface area contributed by atoms with Gasteiger partial charge in [0, 0.05) is 19.5 Å². The van der Waals surface area contributed by atoms with Crippen LogP contribution in [0, 0.1) is 0 Å². The standard InChI is InChI=1S/C23H21N3O3S/c1-3-17(4-2)25-10-11-26-19(24-22(28)21(27)20(26)23(25)29)12-16-13-30-14-18(16)15-8-6-5-7-9-15/h3-9,13-14,17,27H,1-2,10-12H2. The quantitative estimate of drug-likeness (QED) is 0.621. The second-order valence-electron chi connectivity index (χ2n) is 7.00. The number of amides is 1. The highest BCUT2D eigenvalue weighted by atomic mass is 32.1. The van der Waals surface area contributed by atoms with E-state index in [-0.39, 0.29) is 11.7 Å². The minimum Gasteiger partial charge on any atom is -0.501 e. The van der Waals surface area contributed by atoms with Crippen LogP contribution >= 0.6 is 11.3 Å². The van der Waals surface area contributed by atoms with Crippen molar-refractivity contribution in [2.75, 3.05) is 6.54 Å². The van der Waals surface area contributed by atoms with Crippen LogP contribution in [-0.4, -0.2) is 38.1 Å². The molecule has 4 rings (SSSR count). The van der Waals surface area contributed by atoms with Gasteiger partial charge >= 0.3 is 5.56 Å². The molecule has 2 aromatic heterocycles. The van der Waals surface area contributed by atoms with E-state index in [0.717, 1.165) is 16.7 Å². The molecule has 1 amide bonds. The first-order valence-corrected chi connectivity index (χ1v) is 10.5. The highest BCUT2D eigenvalue weighted by Crippen LogP contribution is 2.30. The fraction of sp³-hybridized carbons (Fsp3) is 0.174. The molecule has 0 atom stereocenters. The van der Waals surface area contributed by atoms with Crippen molar-refractivity contribution in [1.82, 2.24) is 14.5 Å². The van der Waals surface area contributed by atoms with Crippen LogP contribution in [0.4, 0.5) is 0 Å². The van der Waals surface area contributed by atoms with E-state index in [0.29, 0.717) is 25.3 Å². The van der Waals surface area contributed by atoms with Gasteiger partial charge in [0.15, 0.2) is 5.69 Å². The number of hydrogen-bond acceptors (Lipinski definition) is 5. The Hall–Kier alpha value is -3.45. The Morgan fingerprint density at radius 1 is 1.13 bits per heavy atom. The van der Waals surface area contributed by atoms with Crippen LogP contribution in [0.5, 0.6) is 5.75 Å². The Bertz CT molecular complexity index is 1170. The van der Waals surface area contributed by atoms with Crippen molar-refractivity contribution in [3.8, 4) is 16.9 Å². The average molecular weight is 420 g/mol. The highest BCUT2D eigenvalue weighted by Gasteiger charge is 2.33. The first-order valence-electron chi connectivity index (χ1n) is 9.54. The van der Waals surface area contributed by atoms with Gasteiger partial charge in [-0.15, -0.1) is 13.2 Å². The third kappa shape index (κ3) is 3.37. The number of nitrogens with zero attached hydrogens (tertiary/aromatic N) is 3. The van der Waals surface area contributed by atoms with Crippen LogP contribution in [0.1, 0.15) is 21.9 Å². The van der Waals surface area contributed by atoms with Gasteiger partial charge in [-0.1, -0.05) is 42.5 Å². The summed E-state index contributed by atoms with van der Waals surface area (Å²) in [7, 11) is 0. The molecule has 0 bridgehead atoms. The summed E-state index contributed by atoms with van der Waals surface area (Å²) in [6, 6.07) is 9.60. The van der Waals surface area contributed by atoms with Crippen LogP contribution in [0.2, 0.25) is 0 Å². The smallest absolute Gasteiger partial charge is 0.315 e. The lowest BCUT2D eigenvalue weighted by atomic mass is 10.0. The van der Waals surface area contributed by atoms with Gasteiger partial charge in [-0.2, -0.15) is 16.3 Å². The van der Waals surface area contributed by atoms with Crippen molar-refractivity contribution in [2.24, 2.45) is 0 Å². The van der Waals surface area contributed by atoms with Crippen molar-refractivity contribution in [3.05, 3.63) is 93.8 Å². The van der Waals surface area contributed by atoms with E-state index in [1.54, 1.807) is 28.1 Å². The van der Waals surface area contributed by atoms with E-state index in [1.165, 1.54) is 4.90 Å². The number of carbonyl (C=O) groups excluding carboxylic acids is 1. The molecule has 3 aromatic rings. The maximum Gasteiger partial charge on any atom is 0.315 e. The molecule has 0 unspecified atom stereocenters. The molecule has 1 aromatic carbocycles. The van der Waals surface area contributed by atoms with E-state index >= 15 is 0 Å². The van der Waals surface area contributed by atoms with E-state index in [1.807, 2.05) is 35.7 Å². The second-order valence-corrected chi connectivity index (χ2v) is 7.74. The molecule has 1 aliphatic rings. The highest BCUT2D eigenvalue weighted by molar-refractivity contribution is 7.08. The number of hydrogen-bond donors (Lipinski definition) is 1. The monoisotopic (exact) mass is 419 g/mol. The number of rotatable bonds is 6. The summed E-state index contributed by atoms with van der Waals surface area (Å²) >= 11 is 1.57. The summed E-state index contributed by atoms with van der Waals surface area (Å²) in [4.78, 5) is 31.1. The Balaban J connectivity index is 1.77.